The summed E-state index contributed by atoms with van der Waals surface area (Å²) >= 11 is 1.18. The fourth-order valence-electron chi connectivity index (χ4n) is 3.22. The maximum Gasteiger partial charge on any atom is 0.248 e. The molecule has 1 N–H and O–H groups in total. The summed E-state index contributed by atoms with van der Waals surface area (Å²) in [7, 11) is 0. The van der Waals surface area contributed by atoms with E-state index in [0.717, 1.165) is 5.56 Å². The number of benzene rings is 2. The fraction of sp³-hybridized carbons (Fsp3) is 0.0769. The molecule has 0 atom stereocenters. The van der Waals surface area contributed by atoms with Gasteiger partial charge in [-0.15, -0.1) is 11.3 Å². The van der Waals surface area contributed by atoms with Crippen molar-refractivity contribution in [1.29, 1.82) is 0 Å². The van der Waals surface area contributed by atoms with Crippen molar-refractivity contribution in [2.45, 2.75) is 13.8 Å². The Labute approximate surface area is 205 Å². The molecule has 2 amide bonds. The van der Waals surface area contributed by atoms with E-state index in [-0.39, 0.29) is 17.5 Å². The molecular formula is C26H21FN4O3S. The average molecular weight is 489 g/mol. The zero-order valence-corrected chi connectivity index (χ0v) is 19.8. The van der Waals surface area contributed by atoms with E-state index in [1.807, 2.05) is 13.0 Å². The number of pyridine rings is 1. The second-order valence-electron chi connectivity index (χ2n) is 7.45. The molecule has 0 spiro atoms. The molecule has 176 valence electrons. The van der Waals surface area contributed by atoms with Crippen LogP contribution in [0.2, 0.25) is 0 Å². The minimum Gasteiger partial charge on any atom is -0.455 e. The third-order valence-corrected chi connectivity index (χ3v) is 5.66. The van der Waals surface area contributed by atoms with Crippen LogP contribution >= 0.6 is 11.3 Å². The van der Waals surface area contributed by atoms with Crippen molar-refractivity contribution in [3.8, 4) is 11.5 Å². The van der Waals surface area contributed by atoms with Gasteiger partial charge in [-0.3, -0.25) is 19.5 Å². The summed E-state index contributed by atoms with van der Waals surface area (Å²) in [5.41, 5.74) is 2.04. The Balaban J connectivity index is 1.42. The lowest BCUT2D eigenvalue weighted by Crippen LogP contribution is -2.23. The predicted octanol–water partition coefficient (Wildman–Crippen LogP) is 6.11. The number of hydrogen-bond donors (Lipinski definition) is 1. The van der Waals surface area contributed by atoms with Crippen molar-refractivity contribution in [2.24, 2.45) is 0 Å². The van der Waals surface area contributed by atoms with Gasteiger partial charge in [-0.25, -0.2) is 9.37 Å². The van der Waals surface area contributed by atoms with Crippen molar-refractivity contribution in [3.05, 3.63) is 95.5 Å². The van der Waals surface area contributed by atoms with Gasteiger partial charge < -0.3 is 10.1 Å². The molecule has 0 aliphatic heterocycles. The number of hydrogen-bond acceptors (Lipinski definition) is 6. The first-order valence-corrected chi connectivity index (χ1v) is 11.5. The topological polar surface area (TPSA) is 84.4 Å². The SMILES string of the molecule is CC(=O)N(c1nc(C=CC(=O)Nc2ccc(Oc3cccnc3)c(C)c2)cs1)c1ccccc1F. The summed E-state index contributed by atoms with van der Waals surface area (Å²) in [6, 6.07) is 14.9. The van der Waals surface area contributed by atoms with Gasteiger partial charge in [0.15, 0.2) is 5.13 Å². The number of halogens is 1. The molecule has 2 aromatic heterocycles. The van der Waals surface area contributed by atoms with Crippen LogP contribution in [0.15, 0.2) is 78.4 Å². The Morgan fingerprint density at radius 2 is 1.97 bits per heavy atom. The molecule has 2 heterocycles. The van der Waals surface area contributed by atoms with E-state index in [9.17, 15) is 14.0 Å². The summed E-state index contributed by atoms with van der Waals surface area (Å²) in [4.78, 5) is 34.2. The normalized spacial score (nSPS) is 10.8. The molecule has 4 aromatic rings. The minimum absolute atomic E-state index is 0.119. The Bertz CT molecular complexity index is 1390. The monoisotopic (exact) mass is 488 g/mol. The number of aryl methyl sites for hydroxylation is 1. The van der Waals surface area contributed by atoms with Crippen LogP contribution in [0.3, 0.4) is 0 Å². The van der Waals surface area contributed by atoms with Gasteiger partial charge in [-0.05, 0) is 61.0 Å². The Kier molecular flexibility index (Phi) is 7.27. The maximum atomic E-state index is 14.2. The summed E-state index contributed by atoms with van der Waals surface area (Å²) in [6.45, 7) is 3.22. The number of nitrogens with zero attached hydrogens (tertiary/aromatic N) is 3. The quantitative estimate of drug-likeness (QED) is 0.317. The number of para-hydroxylation sites is 1. The lowest BCUT2D eigenvalue weighted by Gasteiger charge is -2.18. The zero-order chi connectivity index (χ0) is 24.8. The number of carbonyl (C=O) groups is 2. The highest BCUT2D eigenvalue weighted by Crippen LogP contribution is 2.31. The number of rotatable bonds is 7. The third-order valence-electron chi connectivity index (χ3n) is 4.82. The maximum absolute atomic E-state index is 14.2. The number of thiazole rings is 1. The van der Waals surface area contributed by atoms with Crippen molar-refractivity contribution < 1.29 is 18.7 Å². The number of anilines is 3. The van der Waals surface area contributed by atoms with Crippen LogP contribution in [-0.2, 0) is 9.59 Å². The molecule has 7 nitrogen and oxygen atoms in total. The number of amides is 2. The molecule has 0 radical (unpaired) electrons. The predicted molar refractivity (Wildman–Crippen MR) is 134 cm³/mol. The van der Waals surface area contributed by atoms with Gasteiger partial charge in [0.05, 0.1) is 17.6 Å². The summed E-state index contributed by atoms with van der Waals surface area (Å²) in [5, 5.41) is 4.79. The molecule has 0 bridgehead atoms. The highest BCUT2D eigenvalue weighted by Gasteiger charge is 2.20. The Morgan fingerprint density at radius 3 is 2.69 bits per heavy atom. The number of ether oxygens (including phenoxy) is 1. The van der Waals surface area contributed by atoms with E-state index < -0.39 is 5.82 Å². The average Bonchev–Trinajstić information content (AvgIpc) is 3.30. The van der Waals surface area contributed by atoms with E-state index in [2.05, 4.69) is 15.3 Å². The van der Waals surface area contributed by atoms with Crippen molar-refractivity contribution in [2.75, 3.05) is 10.2 Å². The van der Waals surface area contributed by atoms with Gasteiger partial charge in [-0.1, -0.05) is 12.1 Å². The lowest BCUT2D eigenvalue weighted by molar-refractivity contribution is -0.116. The van der Waals surface area contributed by atoms with Gasteiger partial charge in [-0.2, -0.15) is 0 Å². The molecule has 0 saturated carbocycles. The molecule has 2 aromatic carbocycles. The number of aromatic nitrogens is 2. The highest BCUT2D eigenvalue weighted by molar-refractivity contribution is 7.14. The van der Waals surface area contributed by atoms with Gasteiger partial charge in [0.2, 0.25) is 11.8 Å². The Hall–Kier alpha value is -4.37. The van der Waals surface area contributed by atoms with Crippen LogP contribution in [0.25, 0.3) is 6.08 Å². The standard InChI is InChI=1S/C26H21FN4O3S/c1-17-14-19(9-11-24(17)34-21-6-5-13-28-15-21)29-25(33)12-10-20-16-35-26(30-20)31(18(2)32)23-8-4-3-7-22(23)27/h3-16H,1-2H3,(H,29,33). The first-order chi connectivity index (χ1) is 16.9. The van der Waals surface area contributed by atoms with Gasteiger partial charge in [0, 0.05) is 30.3 Å². The van der Waals surface area contributed by atoms with Crippen LogP contribution in [0, 0.1) is 12.7 Å². The van der Waals surface area contributed by atoms with Crippen molar-refractivity contribution in [3.63, 3.8) is 0 Å². The zero-order valence-electron chi connectivity index (χ0n) is 18.9. The van der Waals surface area contributed by atoms with E-state index in [1.54, 1.807) is 54.2 Å². The number of carbonyl (C=O) groups excluding carboxylic acids is 2. The second kappa shape index (κ2) is 10.7. The minimum atomic E-state index is -0.526. The van der Waals surface area contributed by atoms with E-state index in [4.69, 9.17) is 4.74 Å². The Morgan fingerprint density at radius 1 is 1.14 bits per heavy atom. The number of nitrogens with one attached hydrogen (secondary N) is 1. The summed E-state index contributed by atoms with van der Waals surface area (Å²) < 4.78 is 20.0. The summed E-state index contributed by atoms with van der Waals surface area (Å²) in [6.07, 6.45) is 6.16. The molecular weight excluding hydrogens is 467 g/mol. The molecule has 0 saturated heterocycles. The van der Waals surface area contributed by atoms with Gasteiger partial charge in [0.25, 0.3) is 0 Å². The molecule has 4 rings (SSSR count). The van der Waals surface area contributed by atoms with Crippen LogP contribution in [0.5, 0.6) is 11.5 Å². The highest BCUT2D eigenvalue weighted by atomic mass is 32.1. The third kappa shape index (κ3) is 5.96. The van der Waals surface area contributed by atoms with Gasteiger partial charge in [0.1, 0.15) is 17.3 Å². The van der Waals surface area contributed by atoms with Crippen LogP contribution in [-0.4, -0.2) is 21.8 Å². The first-order valence-electron chi connectivity index (χ1n) is 10.6. The van der Waals surface area contributed by atoms with Crippen LogP contribution < -0.4 is 15.0 Å². The van der Waals surface area contributed by atoms with E-state index in [1.165, 1.54) is 47.4 Å². The lowest BCUT2D eigenvalue weighted by atomic mass is 10.2. The van der Waals surface area contributed by atoms with E-state index >= 15 is 0 Å². The van der Waals surface area contributed by atoms with Gasteiger partial charge >= 0.3 is 0 Å². The fourth-order valence-corrected chi connectivity index (χ4v) is 4.06. The van der Waals surface area contributed by atoms with Crippen LogP contribution in [0.1, 0.15) is 18.2 Å². The van der Waals surface area contributed by atoms with Crippen LogP contribution in [0.4, 0.5) is 20.9 Å². The van der Waals surface area contributed by atoms with Crippen molar-refractivity contribution >= 4 is 45.7 Å². The molecule has 35 heavy (non-hydrogen) atoms. The van der Waals surface area contributed by atoms with Crippen molar-refractivity contribution in [1.82, 2.24) is 9.97 Å². The molecule has 0 aliphatic carbocycles. The second-order valence-corrected chi connectivity index (χ2v) is 8.29. The smallest absolute Gasteiger partial charge is 0.248 e. The summed E-state index contributed by atoms with van der Waals surface area (Å²) in [5.74, 6) is 0.0330. The molecule has 0 unspecified atom stereocenters. The van der Waals surface area contributed by atoms with E-state index in [0.29, 0.717) is 28.0 Å². The first kappa shape index (κ1) is 23.8. The largest absolute Gasteiger partial charge is 0.455 e. The molecule has 0 fully saturated rings. The molecule has 0 aliphatic rings. The molecule has 9 heteroatoms.